The summed E-state index contributed by atoms with van der Waals surface area (Å²) in [5.74, 6) is -1.53. The number of ether oxygens (including phenoxy) is 1. The van der Waals surface area contributed by atoms with Gasteiger partial charge in [-0.05, 0) is 42.3 Å². The molecule has 1 heterocycles. The summed E-state index contributed by atoms with van der Waals surface area (Å²) in [6.45, 7) is -0.566. The van der Waals surface area contributed by atoms with Crippen LogP contribution in [0.25, 0.3) is 0 Å². The minimum Gasteiger partial charge on any atom is -0.454 e. The molecule has 0 aromatic heterocycles. The van der Waals surface area contributed by atoms with E-state index in [-0.39, 0.29) is 16.5 Å². The predicted octanol–water partition coefficient (Wildman–Crippen LogP) is 3.17. The first-order valence-electron chi connectivity index (χ1n) is 7.92. The fraction of sp³-hybridized carbons (Fsp3) is 0.167. The van der Waals surface area contributed by atoms with Gasteiger partial charge in [-0.3, -0.25) is 19.7 Å². The molecule has 0 radical (unpaired) electrons. The molecule has 0 fully saturated rings. The van der Waals surface area contributed by atoms with E-state index in [2.05, 4.69) is 5.32 Å². The third-order valence-corrected chi connectivity index (χ3v) is 4.27. The number of rotatable bonds is 5. The maximum absolute atomic E-state index is 12.3. The van der Waals surface area contributed by atoms with Crippen molar-refractivity contribution in [1.82, 2.24) is 0 Å². The van der Waals surface area contributed by atoms with Crippen LogP contribution in [0.15, 0.2) is 36.4 Å². The molecule has 3 rings (SSSR count). The zero-order chi connectivity index (χ0) is 19.6. The highest BCUT2D eigenvalue weighted by Gasteiger charge is 2.23. The number of halogens is 1. The van der Waals surface area contributed by atoms with Crippen molar-refractivity contribution in [3.63, 3.8) is 0 Å². The van der Waals surface area contributed by atoms with E-state index in [4.69, 9.17) is 16.3 Å². The molecule has 2 aromatic rings. The Morgan fingerprint density at radius 2 is 1.96 bits per heavy atom. The Kier molecular flexibility index (Phi) is 5.18. The van der Waals surface area contributed by atoms with E-state index < -0.39 is 29.0 Å². The fourth-order valence-electron chi connectivity index (χ4n) is 2.68. The van der Waals surface area contributed by atoms with Gasteiger partial charge in [-0.25, -0.2) is 4.79 Å². The monoisotopic (exact) mass is 388 g/mol. The van der Waals surface area contributed by atoms with E-state index in [1.807, 2.05) is 0 Å². The molecular formula is C18H13ClN2O6. The Bertz CT molecular complexity index is 972. The number of hydrogen-bond acceptors (Lipinski definition) is 6. The number of ketones is 1. The number of nitrogens with zero attached hydrogens (tertiary/aromatic N) is 1. The molecule has 0 atom stereocenters. The maximum atomic E-state index is 12.3. The lowest BCUT2D eigenvalue weighted by atomic mass is 9.99. The lowest BCUT2D eigenvalue weighted by Gasteiger charge is -2.17. The van der Waals surface area contributed by atoms with Crippen molar-refractivity contribution in [1.29, 1.82) is 0 Å². The lowest BCUT2D eigenvalue weighted by Crippen LogP contribution is -2.20. The molecular weight excluding hydrogens is 376 g/mol. The molecule has 0 bridgehead atoms. The number of aryl methyl sites for hydroxylation is 1. The van der Waals surface area contributed by atoms with Crippen molar-refractivity contribution in [3.05, 3.63) is 68.2 Å². The molecule has 1 N–H and O–H groups in total. The quantitative estimate of drug-likeness (QED) is 0.364. The summed E-state index contributed by atoms with van der Waals surface area (Å²) in [5.41, 5.74) is 1.01. The van der Waals surface area contributed by atoms with E-state index in [1.54, 1.807) is 12.1 Å². The number of benzene rings is 2. The first kappa shape index (κ1) is 18.5. The van der Waals surface area contributed by atoms with Gasteiger partial charge in [0.05, 0.1) is 4.92 Å². The Morgan fingerprint density at radius 3 is 2.70 bits per heavy atom. The molecule has 1 aliphatic heterocycles. The van der Waals surface area contributed by atoms with Crippen LogP contribution in [0.1, 0.15) is 32.7 Å². The highest BCUT2D eigenvalue weighted by Crippen LogP contribution is 2.25. The summed E-state index contributed by atoms with van der Waals surface area (Å²) in [5, 5.41) is 13.9. The molecule has 138 valence electrons. The SMILES string of the molecule is O=C1CCc2cc(C(=O)COC(=O)c3ccc(Cl)cc3[N+](=O)[O-])ccc2N1. The number of Topliss-reactive ketones (excluding diaryl/α,β-unsaturated/α-hetero) is 1. The second kappa shape index (κ2) is 7.55. The van der Waals surface area contributed by atoms with Crippen LogP contribution in [0.2, 0.25) is 5.02 Å². The molecule has 8 nitrogen and oxygen atoms in total. The van der Waals surface area contributed by atoms with Gasteiger partial charge < -0.3 is 10.1 Å². The van der Waals surface area contributed by atoms with Crippen LogP contribution >= 0.6 is 11.6 Å². The Labute approximate surface area is 158 Å². The maximum Gasteiger partial charge on any atom is 0.345 e. The first-order chi connectivity index (χ1) is 12.8. The van der Waals surface area contributed by atoms with Gasteiger partial charge in [0.15, 0.2) is 12.4 Å². The fourth-order valence-corrected chi connectivity index (χ4v) is 2.84. The number of carbonyl (C=O) groups is 3. The molecule has 0 spiro atoms. The number of nitrogens with one attached hydrogen (secondary N) is 1. The predicted molar refractivity (Wildman–Crippen MR) is 96.1 cm³/mol. The third-order valence-electron chi connectivity index (χ3n) is 4.03. The average molecular weight is 389 g/mol. The van der Waals surface area contributed by atoms with Gasteiger partial charge in [0.2, 0.25) is 5.91 Å². The van der Waals surface area contributed by atoms with Crippen molar-refractivity contribution < 1.29 is 24.0 Å². The molecule has 0 saturated heterocycles. The molecule has 0 unspecified atom stereocenters. The molecule has 9 heteroatoms. The molecule has 2 aromatic carbocycles. The van der Waals surface area contributed by atoms with Gasteiger partial charge in [0.1, 0.15) is 5.56 Å². The van der Waals surface area contributed by atoms with Crippen LogP contribution in [-0.2, 0) is 16.0 Å². The van der Waals surface area contributed by atoms with Crippen LogP contribution in [-0.4, -0.2) is 29.2 Å². The van der Waals surface area contributed by atoms with Gasteiger partial charge in [0.25, 0.3) is 5.69 Å². The van der Waals surface area contributed by atoms with E-state index in [0.29, 0.717) is 24.1 Å². The van der Waals surface area contributed by atoms with E-state index >= 15 is 0 Å². The zero-order valence-electron chi connectivity index (χ0n) is 13.9. The van der Waals surface area contributed by atoms with Crippen LogP contribution in [0.4, 0.5) is 11.4 Å². The normalized spacial score (nSPS) is 12.7. The largest absolute Gasteiger partial charge is 0.454 e. The first-order valence-corrected chi connectivity index (χ1v) is 8.30. The number of hydrogen-bond donors (Lipinski definition) is 1. The minimum absolute atomic E-state index is 0.0833. The summed E-state index contributed by atoms with van der Waals surface area (Å²) in [7, 11) is 0. The number of esters is 1. The number of nitro groups is 1. The van der Waals surface area contributed by atoms with Crippen molar-refractivity contribution in [3.8, 4) is 0 Å². The number of nitro benzene ring substituents is 1. The topological polar surface area (TPSA) is 116 Å². The Morgan fingerprint density at radius 1 is 1.19 bits per heavy atom. The van der Waals surface area contributed by atoms with Gasteiger partial charge in [-0.15, -0.1) is 0 Å². The third kappa shape index (κ3) is 4.12. The minimum atomic E-state index is -0.989. The summed E-state index contributed by atoms with van der Waals surface area (Å²) >= 11 is 5.70. The molecule has 27 heavy (non-hydrogen) atoms. The van der Waals surface area contributed by atoms with E-state index in [0.717, 1.165) is 11.6 Å². The molecule has 1 amide bonds. The van der Waals surface area contributed by atoms with Crippen molar-refractivity contribution >= 4 is 40.6 Å². The van der Waals surface area contributed by atoms with Crippen LogP contribution in [0.5, 0.6) is 0 Å². The number of fused-ring (bicyclic) bond motifs is 1. The van der Waals surface area contributed by atoms with E-state index in [9.17, 15) is 24.5 Å². The van der Waals surface area contributed by atoms with Crippen molar-refractivity contribution in [2.45, 2.75) is 12.8 Å². The molecule has 1 aliphatic rings. The van der Waals surface area contributed by atoms with E-state index in [1.165, 1.54) is 18.2 Å². The lowest BCUT2D eigenvalue weighted by molar-refractivity contribution is -0.385. The zero-order valence-corrected chi connectivity index (χ0v) is 14.6. The average Bonchev–Trinajstić information content (AvgIpc) is 2.65. The summed E-state index contributed by atoms with van der Waals surface area (Å²) in [4.78, 5) is 46.1. The Balaban J connectivity index is 1.70. The molecule has 0 aliphatic carbocycles. The van der Waals surface area contributed by atoms with Crippen molar-refractivity contribution in [2.75, 3.05) is 11.9 Å². The smallest absolute Gasteiger partial charge is 0.345 e. The highest BCUT2D eigenvalue weighted by atomic mass is 35.5. The van der Waals surface area contributed by atoms with Crippen LogP contribution in [0, 0.1) is 10.1 Å². The van der Waals surface area contributed by atoms with Gasteiger partial charge >= 0.3 is 5.97 Å². The Hall–Kier alpha value is -3.26. The van der Waals surface area contributed by atoms with Gasteiger partial charge in [-0.1, -0.05) is 11.6 Å². The van der Waals surface area contributed by atoms with Gasteiger partial charge in [0, 0.05) is 28.8 Å². The second-order valence-electron chi connectivity index (χ2n) is 5.84. The number of carbonyl (C=O) groups excluding carboxylic acids is 3. The summed E-state index contributed by atoms with van der Waals surface area (Å²) in [6, 6.07) is 8.31. The second-order valence-corrected chi connectivity index (χ2v) is 6.27. The van der Waals surface area contributed by atoms with Crippen LogP contribution in [0.3, 0.4) is 0 Å². The molecule has 0 saturated carbocycles. The highest BCUT2D eigenvalue weighted by molar-refractivity contribution is 6.31. The van der Waals surface area contributed by atoms with Crippen molar-refractivity contribution in [2.24, 2.45) is 0 Å². The van der Waals surface area contributed by atoms with Crippen LogP contribution < -0.4 is 5.32 Å². The summed E-state index contributed by atoms with van der Waals surface area (Å²) in [6.07, 6.45) is 0.846. The van der Waals surface area contributed by atoms with Gasteiger partial charge in [-0.2, -0.15) is 0 Å². The standard InChI is InChI=1S/C18H13ClN2O6/c19-12-3-4-13(15(8-12)21(25)26)18(24)27-9-16(22)11-1-5-14-10(7-11)2-6-17(23)20-14/h1,3-5,7-8H,2,6,9H2,(H,20,23). The number of amides is 1. The number of anilines is 1. The summed E-state index contributed by atoms with van der Waals surface area (Å²) < 4.78 is 4.93.